The first kappa shape index (κ1) is 14.8. The Hall–Kier alpha value is -1.28. The largest absolute Gasteiger partial charge is 0.492 e. The first-order chi connectivity index (χ1) is 8.86. The Morgan fingerprint density at radius 1 is 1.22 bits per heavy atom. The van der Waals surface area contributed by atoms with Gasteiger partial charge in [0, 0.05) is 6.04 Å². The number of rotatable bonds is 10. The molecule has 0 aliphatic rings. The lowest BCUT2D eigenvalue weighted by atomic mass is 10.1. The van der Waals surface area contributed by atoms with Crippen molar-refractivity contribution in [3.63, 3.8) is 0 Å². The van der Waals surface area contributed by atoms with E-state index in [9.17, 15) is 0 Å². The molecule has 0 aliphatic carbocycles. The number of unbranched alkanes of at least 4 members (excludes halogenated alkanes) is 3. The summed E-state index contributed by atoms with van der Waals surface area (Å²) in [6.07, 6.45) is 8.06. The summed E-state index contributed by atoms with van der Waals surface area (Å²) in [6.45, 7) is 4.48. The molecule has 0 spiro atoms. The van der Waals surface area contributed by atoms with Crippen LogP contribution in [0, 0.1) is 0 Å². The van der Waals surface area contributed by atoms with Gasteiger partial charge in [-0.3, -0.25) is 0 Å². The number of benzene rings is 1. The molecule has 1 unspecified atom stereocenters. The summed E-state index contributed by atoms with van der Waals surface area (Å²) in [6, 6.07) is 10.4. The first-order valence-electron chi connectivity index (χ1n) is 6.83. The van der Waals surface area contributed by atoms with Gasteiger partial charge in [-0.15, -0.1) is 6.58 Å². The van der Waals surface area contributed by atoms with E-state index in [1.807, 2.05) is 43.5 Å². The molecule has 1 atom stereocenters. The molecule has 1 aromatic rings. The van der Waals surface area contributed by atoms with Crippen LogP contribution in [0.15, 0.2) is 43.0 Å². The fourth-order valence-corrected chi connectivity index (χ4v) is 1.88. The highest BCUT2D eigenvalue weighted by molar-refractivity contribution is 5.20. The molecule has 1 N–H and O–H groups in total. The van der Waals surface area contributed by atoms with Crippen LogP contribution in [0.25, 0.3) is 0 Å². The van der Waals surface area contributed by atoms with Crippen LogP contribution in [0.1, 0.15) is 32.1 Å². The molecule has 0 fully saturated rings. The second kappa shape index (κ2) is 9.72. The predicted octanol–water partition coefficient (Wildman–Crippen LogP) is 3.79. The number of likely N-dealkylation sites (N-methyl/N-ethyl adjacent to an activating group) is 1. The number of nitrogens with one attached hydrogen (secondary N) is 1. The number of hydrogen-bond donors (Lipinski definition) is 1. The molecule has 18 heavy (non-hydrogen) atoms. The van der Waals surface area contributed by atoms with Crippen LogP contribution in [0.4, 0.5) is 0 Å². The number of ether oxygens (including phenoxy) is 1. The van der Waals surface area contributed by atoms with Crippen LogP contribution in [-0.4, -0.2) is 19.7 Å². The molecule has 0 saturated heterocycles. The molecule has 1 aromatic carbocycles. The summed E-state index contributed by atoms with van der Waals surface area (Å²) in [5.41, 5.74) is 0. The van der Waals surface area contributed by atoms with Crippen molar-refractivity contribution in [1.29, 1.82) is 0 Å². The number of para-hydroxylation sites is 1. The highest BCUT2D eigenvalue weighted by Gasteiger charge is 2.06. The van der Waals surface area contributed by atoms with Crippen molar-refractivity contribution in [2.45, 2.75) is 38.1 Å². The van der Waals surface area contributed by atoms with E-state index < -0.39 is 0 Å². The standard InChI is InChI=1S/C16H25NO/c1-3-4-5-6-8-11-15(17-2)14-18-16-12-9-7-10-13-16/h3,7,9-10,12-13,15,17H,1,4-6,8,11,14H2,2H3. The lowest BCUT2D eigenvalue weighted by Gasteiger charge is -2.16. The fourth-order valence-electron chi connectivity index (χ4n) is 1.88. The highest BCUT2D eigenvalue weighted by Crippen LogP contribution is 2.11. The lowest BCUT2D eigenvalue weighted by Crippen LogP contribution is -2.31. The van der Waals surface area contributed by atoms with E-state index in [2.05, 4.69) is 11.9 Å². The zero-order chi connectivity index (χ0) is 13.1. The van der Waals surface area contributed by atoms with E-state index in [4.69, 9.17) is 4.74 Å². The van der Waals surface area contributed by atoms with Crippen LogP contribution < -0.4 is 10.1 Å². The van der Waals surface area contributed by atoms with E-state index >= 15 is 0 Å². The maximum Gasteiger partial charge on any atom is 0.119 e. The second-order valence-electron chi connectivity index (χ2n) is 4.54. The minimum Gasteiger partial charge on any atom is -0.492 e. The SMILES string of the molecule is C=CCCCCCC(COc1ccccc1)NC. The normalized spacial score (nSPS) is 12.1. The van der Waals surface area contributed by atoms with Crippen molar-refractivity contribution in [3.05, 3.63) is 43.0 Å². The Kier molecular flexibility index (Phi) is 7.98. The van der Waals surface area contributed by atoms with Crippen molar-refractivity contribution in [3.8, 4) is 5.75 Å². The van der Waals surface area contributed by atoms with Crippen molar-refractivity contribution in [2.24, 2.45) is 0 Å². The third kappa shape index (κ3) is 6.45. The summed E-state index contributed by atoms with van der Waals surface area (Å²) in [5, 5.41) is 3.32. The van der Waals surface area contributed by atoms with Gasteiger partial charge in [0.1, 0.15) is 12.4 Å². The van der Waals surface area contributed by atoms with Gasteiger partial charge < -0.3 is 10.1 Å². The first-order valence-corrected chi connectivity index (χ1v) is 6.83. The van der Waals surface area contributed by atoms with Crippen LogP contribution in [0.2, 0.25) is 0 Å². The molecule has 0 amide bonds. The fraction of sp³-hybridized carbons (Fsp3) is 0.500. The molecular weight excluding hydrogens is 222 g/mol. The molecule has 0 radical (unpaired) electrons. The number of hydrogen-bond acceptors (Lipinski definition) is 2. The van der Waals surface area contributed by atoms with Crippen molar-refractivity contribution in [1.82, 2.24) is 5.32 Å². The third-order valence-electron chi connectivity index (χ3n) is 3.06. The monoisotopic (exact) mass is 247 g/mol. The Labute approximate surface area is 111 Å². The van der Waals surface area contributed by atoms with E-state index in [0.29, 0.717) is 6.04 Å². The molecule has 0 bridgehead atoms. The molecule has 1 rings (SSSR count). The van der Waals surface area contributed by atoms with Gasteiger partial charge in [0.2, 0.25) is 0 Å². The van der Waals surface area contributed by atoms with Crippen LogP contribution in [0.5, 0.6) is 5.75 Å². The molecule has 0 aromatic heterocycles. The van der Waals surface area contributed by atoms with Gasteiger partial charge in [0.15, 0.2) is 0 Å². The zero-order valence-electron chi connectivity index (χ0n) is 11.4. The Bertz CT molecular complexity index is 310. The van der Waals surface area contributed by atoms with Crippen LogP contribution >= 0.6 is 0 Å². The lowest BCUT2D eigenvalue weighted by molar-refractivity contribution is 0.260. The molecule has 100 valence electrons. The maximum absolute atomic E-state index is 5.76. The summed E-state index contributed by atoms with van der Waals surface area (Å²) in [7, 11) is 2.00. The van der Waals surface area contributed by atoms with Crippen molar-refractivity contribution in [2.75, 3.05) is 13.7 Å². The Morgan fingerprint density at radius 3 is 2.67 bits per heavy atom. The summed E-state index contributed by atoms with van der Waals surface area (Å²) in [4.78, 5) is 0. The molecular formula is C16H25NO. The van der Waals surface area contributed by atoms with Crippen molar-refractivity contribution >= 4 is 0 Å². The van der Waals surface area contributed by atoms with E-state index in [-0.39, 0.29) is 0 Å². The summed E-state index contributed by atoms with van der Waals surface area (Å²) >= 11 is 0. The molecule has 2 heteroatoms. The summed E-state index contributed by atoms with van der Waals surface area (Å²) < 4.78 is 5.76. The minimum atomic E-state index is 0.439. The zero-order valence-corrected chi connectivity index (χ0v) is 11.4. The average molecular weight is 247 g/mol. The van der Waals surface area contributed by atoms with Gasteiger partial charge in [-0.2, -0.15) is 0 Å². The second-order valence-corrected chi connectivity index (χ2v) is 4.54. The van der Waals surface area contributed by atoms with Gasteiger partial charge in [-0.1, -0.05) is 37.1 Å². The van der Waals surface area contributed by atoms with Crippen LogP contribution in [-0.2, 0) is 0 Å². The van der Waals surface area contributed by atoms with Gasteiger partial charge in [0.25, 0.3) is 0 Å². The Balaban J connectivity index is 2.15. The van der Waals surface area contributed by atoms with E-state index in [1.54, 1.807) is 0 Å². The van der Waals surface area contributed by atoms with E-state index in [1.165, 1.54) is 25.7 Å². The molecule has 0 saturated carbocycles. The van der Waals surface area contributed by atoms with Crippen molar-refractivity contribution < 1.29 is 4.74 Å². The molecule has 2 nitrogen and oxygen atoms in total. The average Bonchev–Trinajstić information content (AvgIpc) is 2.43. The van der Waals surface area contributed by atoms with Gasteiger partial charge >= 0.3 is 0 Å². The van der Waals surface area contributed by atoms with Gasteiger partial charge in [0.05, 0.1) is 0 Å². The quantitative estimate of drug-likeness (QED) is 0.502. The van der Waals surface area contributed by atoms with Gasteiger partial charge in [-0.05, 0) is 38.4 Å². The summed E-state index contributed by atoms with van der Waals surface area (Å²) in [5.74, 6) is 0.949. The number of allylic oxidation sites excluding steroid dienone is 1. The molecule has 0 heterocycles. The minimum absolute atomic E-state index is 0.439. The Morgan fingerprint density at radius 2 is 2.00 bits per heavy atom. The predicted molar refractivity (Wildman–Crippen MR) is 78.1 cm³/mol. The third-order valence-corrected chi connectivity index (χ3v) is 3.06. The van der Waals surface area contributed by atoms with E-state index in [0.717, 1.165) is 18.8 Å². The van der Waals surface area contributed by atoms with Gasteiger partial charge in [-0.25, -0.2) is 0 Å². The van der Waals surface area contributed by atoms with Crippen LogP contribution in [0.3, 0.4) is 0 Å². The smallest absolute Gasteiger partial charge is 0.119 e. The molecule has 0 aliphatic heterocycles. The maximum atomic E-state index is 5.76. The topological polar surface area (TPSA) is 21.3 Å². The highest BCUT2D eigenvalue weighted by atomic mass is 16.5.